The fourth-order valence-corrected chi connectivity index (χ4v) is 5.89. The first-order chi connectivity index (χ1) is 25.4. The van der Waals surface area contributed by atoms with Crippen LogP contribution in [-0.4, -0.2) is 62.8 Å². The van der Waals surface area contributed by atoms with Crippen LogP contribution in [0.3, 0.4) is 0 Å². The van der Waals surface area contributed by atoms with Gasteiger partial charge in [0.05, 0.1) is 6.61 Å². The zero-order chi connectivity index (χ0) is 38.2. The lowest BCUT2D eigenvalue weighted by atomic mass is 10.0. The number of nitrogens with zero attached hydrogens (tertiary/aromatic N) is 1. The van der Waals surface area contributed by atoms with E-state index >= 15 is 0 Å². The maximum atomic E-state index is 12.5. The summed E-state index contributed by atoms with van der Waals surface area (Å²) in [4.78, 5) is 38.7. The van der Waals surface area contributed by atoms with E-state index in [9.17, 15) is 14.4 Å². The van der Waals surface area contributed by atoms with Gasteiger partial charge in [-0.3, -0.25) is 14.4 Å². The summed E-state index contributed by atoms with van der Waals surface area (Å²) in [6, 6.07) is 0. The molecule has 0 aromatic carbocycles. The smallest absolute Gasteiger partial charge is 0.306 e. The number of rotatable bonds is 35. The lowest BCUT2D eigenvalue weighted by Gasteiger charge is -2.18. The van der Waals surface area contributed by atoms with Gasteiger partial charge in [-0.05, 0) is 91.3 Å². The monoisotopic (exact) mass is 730 g/mol. The van der Waals surface area contributed by atoms with E-state index in [0.29, 0.717) is 38.9 Å². The second-order valence-electron chi connectivity index (χ2n) is 14.6. The summed E-state index contributed by atoms with van der Waals surface area (Å²) in [5.74, 6) is 12.5. The second kappa shape index (κ2) is 39.7. The van der Waals surface area contributed by atoms with Gasteiger partial charge in [0.2, 0.25) is 0 Å². The van der Waals surface area contributed by atoms with E-state index in [0.717, 1.165) is 129 Å². The average Bonchev–Trinajstić information content (AvgIpc) is 3.12. The molecule has 0 N–H and O–H groups in total. The quantitative estimate of drug-likeness (QED) is 0.0278. The van der Waals surface area contributed by atoms with E-state index in [1.165, 1.54) is 44.9 Å². The zero-order valence-corrected chi connectivity index (χ0v) is 34.3. The summed E-state index contributed by atoms with van der Waals surface area (Å²) < 4.78 is 16.7. The molecule has 0 aromatic rings. The number of esters is 3. The SMILES string of the molecule is CCCCCCC#CCCCCOC(=O)CCCCCCCC(CCCCCCCC(=O)OCCC#CCCCCCC)OC(=O)CCCN(C)C. The fraction of sp³-hybridized carbons (Fsp3) is 0.844. The Labute approximate surface area is 320 Å². The van der Waals surface area contributed by atoms with Crippen molar-refractivity contribution in [2.24, 2.45) is 0 Å². The van der Waals surface area contributed by atoms with E-state index in [-0.39, 0.29) is 24.0 Å². The first kappa shape index (κ1) is 49.5. The van der Waals surface area contributed by atoms with Crippen molar-refractivity contribution in [1.29, 1.82) is 0 Å². The van der Waals surface area contributed by atoms with Crippen LogP contribution in [0.2, 0.25) is 0 Å². The van der Waals surface area contributed by atoms with Crippen LogP contribution in [0.1, 0.15) is 206 Å². The molecule has 0 rings (SSSR count). The maximum Gasteiger partial charge on any atom is 0.306 e. The van der Waals surface area contributed by atoms with E-state index in [2.05, 4.69) is 42.4 Å². The molecule has 0 aliphatic heterocycles. The van der Waals surface area contributed by atoms with Crippen LogP contribution < -0.4 is 0 Å². The van der Waals surface area contributed by atoms with Crippen molar-refractivity contribution in [1.82, 2.24) is 4.90 Å². The van der Waals surface area contributed by atoms with Crippen molar-refractivity contribution in [2.45, 2.75) is 213 Å². The summed E-state index contributed by atoms with van der Waals surface area (Å²) in [5.41, 5.74) is 0. The molecule has 0 heterocycles. The highest BCUT2D eigenvalue weighted by atomic mass is 16.5. The largest absolute Gasteiger partial charge is 0.466 e. The molecule has 0 aliphatic rings. The molecule has 300 valence electrons. The molecule has 7 nitrogen and oxygen atoms in total. The Kier molecular flexibility index (Phi) is 37.8. The predicted octanol–water partition coefficient (Wildman–Crippen LogP) is 11.3. The summed E-state index contributed by atoms with van der Waals surface area (Å²) >= 11 is 0. The molecule has 52 heavy (non-hydrogen) atoms. The molecule has 0 spiro atoms. The normalized spacial score (nSPS) is 11.3. The van der Waals surface area contributed by atoms with Gasteiger partial charge in [0, 0.05) is 44.9 Å². The van der Waals surface area contributed by atoms with E-state index in [1.54, 1.807) is 0 Å². The Hall–Kier alpha value is -2.51. The Bertz CT molecular complexity index is 972. The molecule has 0 amide bonds. The number of hydrogen-bond donors (Lipinski definition) is 0. The third kappa shape index (κ3) is 38.7. The standard InChI is InChI=1S/C45H79NO6/c1-5-7-9-11-13-15-16-18-26-32-41-51-44(48)37-30-24-20-22-28-35-42(52-45(49)38-33-39-46(3)4)34-27-21-19-23-29-36-43(47)50-40-31-25-17-14-12-10-8-6-2/h42H,5-14,18-24,26-41H2,1-4H3. The first-order valence-corrected chi connectivity index (χ1v) is 21.5. The Balaban J connectivity index is 4.07. The molecule has 0 bridgehead atoms. The number of carbonyl (C=O) groups excluding carboxylic acids is 3. The van der Waals surface area contributed by atoms with Crippen molar-refractivity contribution in [2.75, 3.05) is 33.9 Å². The van der Waals surface area contributed by atoms with Crippen LogP contribution in [0.15, 0.2) is 0 Å². The summed E-state index contributed by atoms with van der Waals surface area (Å²) in [5, 5.41) is 0. The van der Waals surface area contributed by atoms with Crippen LogP contribution in [0, 0.1) is 23.7 Å². The lowest BCUT2D eigenvalue weighted by molar-refractivity contribution is -0.150. The fourth-order valence-electron chi connectivity index (χ4n) is 5.89. The third-order valence-corrected chi connectivity index (χ3v) is 9.11. The van der Waals surface area contributed by atoms with Crippen LogP contribution in [0.5, 0.6) is 0 Å². The van der Waals surface area contributed by atoms with Gasteiger partial charge in [0.25, 0.3) is 0 Å². The van der Waals surface area contributed by atoms with E-state index < -0.39 is 0 Å². The van der Waals surface area contributed by atoms with Crippen LogP contribution >= 0.6 is 0 Å². The molecular weight excluding hydrogens is 650 g/mol. The first-order valence-electron chi connectivity index (χ1n) is 21.5. The highest BCUT2D eigenvalue weighted by molar-refractivity contribution is 5.70. The zero-order valence-electron chi connectivity index (χ0n) is 34.3. The minimum absolute atomic E-state index is 0.0342. The average molecular weight is 730 g/mol. The van der Waals surface area contributed by atoms with Gasteiger partial charge in [-0.2, -0.15) is 0 Å². The Morgan fingerprint density at radius 3 is 1.40 bits per heavy atom. The highest BCUT2D eigenvalue weighted by Crippen LogP contribution is 2.18. The molecule has 1 unspecified atom stereocenters. The second-order valence-corrected chi connectivity index (χ2v) is 14.6. The molecular formula is C45H79NO6. The van der Waals surface area contributed by atoms with Crippen molar-refractivity contribution in [3.63, 3.8) is 0 Å². The summed E-state index contributed by atoms with van der Waals surface area (Å²) in [6.07, 6.45) is 29.3. The van der Waals surface area contributed by atoms with Gasteiger partial charge >= 0.3 is 17.9 Å². The van der Waals surface area contributed by atoms with Gasteiger partial charge in [0.15, 0.2) is 0 Å². The van der Waals surface area contributed by atoms with Gasteiger partial charge in [-0.15, -0.1) is 17.8 Å². The highest BCUT2D eigenvalue weighted by Gasteiger charge is 2.14. The number of hydrogen-bond acceptors (Lipinski definition) is 7. The Morgan fingerprint density at radius 1 is 0.462 bits per heavy atom. The number of carbonyl (C=O) groups is 3. The minimum Gasteiger partial charge on any atom is -0.466 e. The molecule has 0 saturated heterocycles. The van der Waals surface area contributed by atoms with E-state index in [4.69, 9.17) is 14.2 Å². The van der Waals surface area contributed by atoms with E-state index in [1.807, 2.05) is 14.1 Å². The van der Waals surface area contributed by atoms with Gasteiger partial charge in [0.1, 0.15) is 12.7 Å². The molecule has 0 aromatic heterocycles. The van der Waals surface area contributed by atoms with Crippen LogP contribution in [0.4, 0.5) is 0 Å². The topological polar surface area (TPSA) is 82.1 Å². The van der Waals surface area contributed by atoms with Gasteiger partial charge in [-0.1, -0.05) is 96.8 Å². The van der Waals surface area contributed by atoms with Gasteiger partial charge in [-0.25, -0.2) is 0 Å². The molecule has 0 saturated carbocycles. The van der Waals surface area contributed by atoms with Crippen molar-refractivity contribution < 1.29 is 28.6 Å². The third-order valence-electron chi connectivity index (χ3n) is 9.11. The van der Waals surface area contributed by atoms with Crippen LogP contribution in [-0.2, 0) is 28.6 Å². The minimum atomic E-state index is -0.124. The number of ether oxygens (including phenoxy) is 3. The predicted molar refractivity (Wildman–Crippen MR) is 216 cm³/mol. The molecule has 7 heteroatoms. The summed E-state index contributed by atoms with van der Waals surface area (Å²) in [7, 11) is 4.03. The van der Waals surface area contributed by atoms with Crippen molar-refractivity contribution in [3.05, 3.63) is 0 Å². The maximum absolute atomic E-state index is 12.5. The van der Waals surface area contributed by atoms with Crippen molar-refractivity contribution in [3.8, 4) is 23.7 Å². The molecule has 0 radical (unpaired) electrons. The van der Waals surface area contributed by atoms with Crippen LogP contribution in [0.25, 0.3) is 0 Å². The molecule has 0 aliphatic carbocycles. The summed E-state index contributed by atoms with van der Waals surface area (Å²) in [6.45, 7) is 6.19. The van der Waals surface area contributed by atoms with Gasteiger partial charge < -0.3 is 19.1 Å². The molecule has 0 fully saturated rings. The van der Waals surface area contributed by atoms with Crippen molar-refractivity contribution >= 4 is 17.9 Å². The lowest BCUT2D eigenvalue weighted by Crippen LogP contribution is -2.20. The Morgan fingerprint density at radius 2 is 0.885 bits per heavy atom. The molecule has 1 atom stereocenters. The number of unbranched alkanes of at least 4 members (excludes halogenated alkanes) is 18.